The van der Waals surface area contributed by atoms with Crippen LogP contribution in [0.15, 0.2) is 24.3 Å². The first-order chi connectivity index (χ1) is 10.1. The van der Waals surface area contributed by atoms with Crippen molar-refractivity contribution in [3.05, 3.63) is 58.4 Å². The largest absolute Gasteiger partial charge is 0.317 e. The van der Waals surface area contributed by atoms with Crippen molar-refractivity contribution in [1.29, 1.82) is 0 Å². The van der Waals surface area contributed by atoms with Crippen LogP contribution in [0.1, 0.15) is 35.3 Å². The first-order valence-electron chi connectivity index (χ1n) is 7.38. The van der Waals surface area contributed by atoms with Crippen molar-refractivity contribution in [2.75, 3.05) is 13.1 Å². The van der Waals surface area contributed by atoms with Crippen molar-refractivity contribution in [2.45, 2.75) is 33.6 Å². The lowest BCUT2D eigenvalue weighted by atomic mass is 10.1. The predicted octanol–water partition coefficient (Wildman–Crippen LogP) is 2.98. The molecule has 0 fully saturated rings. The van der Waals surface area contributed by atoms with Crippen molar-refractivity contribution >= 4 is 0 Å². The maximum Gasteiger partial charge on any atom is 0.133 e. The first-order valence-corrected chi connectivity index (χ1v) is 7.38. The highest BCUT2D eigenvalue weighted by atomic mass is 19.1. The molecule has 0 radical (unpaired) electrons. The molecule has 1 aromatic heterocycles. The van der Waals surface area contributed by atoms with Crippen molar-refractivity contribution in [3.8, 4) is 0 Å². The summed E-state index contributed by atoms with van der Waals surface area (Å²) in [5.41, 5.74) is 4.15. The summed E-state index contributed by atoms with van der Waals surface area (Å²) in [5.74, 6) is 0.533. The van der Waals surface area contributed by atoms with Crippen molar-refractivity contribution in [1.82, 2.24) is 15.3 Å². The average Bonchev–Trinajstić information content (AvgIpc) is 2.42. The Labute approximate surface area is 125 Å². The van der Waals surface area contributed by atoms with Gasteiger partial charge in [0.25, 0.3) is 0 Å². The van der Waals surface area contributed by atoms with Crippen molar-refractivity contribution < 1.29 is 4.39 Å². The third-order valence-corrected chi connectivity index (χ3v) is 3.52. The molecule has 0 amide bonds. The second-order valence-electron chi connectivity index (χ2n) is 5.20. The lowest BCUT2D eigenvalue weighted by molar-refractivity contribution is 0.625. The van der Waals surface area contributed by atoms with E-state index in [1.807, 2.05) is 19.9 Å². The molecule has 21 heavy (non-hydrogen) atoms. The molecule has 0 aliphatic rings. The maximum atomic E-state index is 13.2. The maximum absolute atomic E-state index is 13.2. The van der Waals surface area contributed by atoms with Crippen LogP contribution >= 0.6 is 0 Å². The molecule has 0 aliphatic carbocycles. The Morgan fingerprint density at radius 1 is 1.14 bits per heavy atom. The fourth-order valence-electron chi connectivity index (χ4n) is 2.47. The van der Waals surface area contributed by atoms with Crippen molar-refractivity contribution in [3.63, 3.8) is 0 Å². The molecule has 0 atom stereocenters. The zero-order valence-electron chi connectivity index (χ0n) is 12.9. The number of aromatic nitrogens is 2. The number of rotatable bonds is 6. The van der Waals surface area contributed by atoms with E-state index in [0.29, 0.717) is 6.42 Å². The Morgan fingerprint density at radius 3 is 2.48 bits per heavy atom. The lowest BCUT2D eigenvalue weighted by Crippen LogP contribution is -2.18. The molecular weight excluding hydrogens is 265 g/mol. The molecule has 0 aliphatic heterocycles. The van der Waals surface area contributed by atoms with Gasteiger partial charge in [-0.2, -0.15) is 0 Å². The number of likely N-dealkylation sites (N-methyl/N-ethyl adjacent to an activating group) is 1. The van der Waals surface area contributed by atoms with Gasteiger partial charge in [-0.25, -0.2) is 14.4 Å². The molecule has 1 heterocycles. The number of benzene rings is 1. The van der Waals surface area contributed by atoms with Gasteiger partial charge in [0.2, 0.25) is 0 Å². The molecule has 1 aromatic carbocycles. The quantitative estimate of drug-likeness (QED) is 0.830. The zero-order chi connectivity index (χ0) is 15.2. The highest BCUT2D eigenvalue weighted by molar-refractivity contribution is 5.27. The van der Waals surface area contributed by atoms with Crippen LogP contribution in [0.3, 0.4) is 0 Å². The molecule has 0 saturated heterocycles. The number of nitrogens with zero attached hydrogens (tertiary/aromatic N) is 2. The van der Waals surface area contributed by atoms with Crippen LogP contribution in [-0.4, -0.2) is 23.1 Å². The number of hydrogen-bond donors (Lipinski definition) is 1. The number of hydrogen-bond acceptors (Lipinski definition) is 3. The predicted molar refractivity (Wildman–Crippen MR) is 83.0 cm³/mol. The minimum absolute atomic E-state index is 0.219. The number of halogens is 1. The Kier molecular flexibility index (Phi) is 5.39. The first kappa shape index (κ1) is 15.6. The summed E-state index contributed by atoms with van der Waals surface area (Å²) in [5, 5.41) is 3.31. The normalized spacial score (nSPS) is 10.9. The Hall–Kier alpha value is -1.81. The van der Waals surface area contributed by atoms with Crippen molar-refractivity contribution in [2.24, 2.45) is 0 Å². The van der Waals surface area contributed by atoms with E-state index in [0.717, 1.165) is 42.3 Å². The fraction of sp³-hybridized carbons (Fsp3) is 0.412. The van der Waals surface area contributed by atoms with Gasteiger partial charge in [0.05, 0.1) is 0 Å². The lowest BCUT2D eigenvalue weighted by Gasteiger charge is -2.11. The molecule has 2 aromatic rings. The van der Waals surface area contributed by atoms with Gasteiger partial charge in [0, 0.05) is 17.8 Å². The van der Waals surface area contributed by atoms with Crippen LogP contribution in [0.5, 0.6) is 0 Å². The van der Waals surface area contributed by atoms with E-state index in [-0.39, 0.29) is 5.82 Å². The van der Waals surface area contributed by atoms with Gasteiger partial charge in [-0.15, -0.1) is 0 Å². The molecule has 3 nitrogen and oxygen atoms in total. The minimum Gasteiger partial charge on any atom is -0.317 e. The summed E-state index contributed by atoms with van der Waals surface area (Å²) in [6.07, 6.45) is 1.50. The third-order valence-electron chi connectivity index (χ3n) is 3.52. The molecule has 1 N–H and O–H groups in total. The highest BCUT2D eigenvalue weighted by Gasteiger charge is 2.09. The molecule has 2 rings (SSSR count). The van der Waals surface area contributed by atoms with Gasteiger partial charge >= 0.3 is 0 Å². The van der Waals surface area contributed by atoms with E-state index in [9.17, 15) is 4.39 Å². The van der Waals surface area contributed by atoms with Gasteiger partial charge in [-0.3, -0.25) is 0 Å². The second-order valence-corrected chi connectivity index (χ2v) is 5.20. The Balaban J connectivity index is 2.15. The van der Waals surface area contributed by atoms with E-state index in [2.05, 4.69) is 22.2 Å². The fourth-order valence-corrected chi connectivity index (χ4v) is 2.47. The van der Waals surface area contributed by atoms with Gasteiger partial charge in [-0.05, 0) is 56.6 Å². The molecule has 112 valence electrons. The van der Waals surface area contributed by atoms with Crippen LogP contribution in [0.25, 0.3) is 0 Å². The molecule has 0 bridgehead atoms. The van der Waals surface area contributed by atoms with Gasteiger partial charge < -0.3 is 5.32 Å². The molecule has 4 heteroatoms. The smallest absolute Gasteiger partial charge is 0.133 e. The SMILES string of the molecule is CCNCCc1c(C)nc(Cc2cccc(F)c2)nc1C. The molecular formula is C17H22FN3. The minimum atomic E-state index is -0.219. The average molecular weight is 287 g/mol. The topological polar surface area (TPSA) is 37.8 Å². The monoisotopic (exact) mass is 287 g/mol. The summed E-state index contributed by atoms with van der Waals surface area (Å²) in [6.45, 7) is 8.04. The van der Waals surface area contributed by atoms with Crippen LogP contribution in [-0.2, 0) is 12.8 Å². The second kappa shape index (κ2) is 7.27. The van der Waals surface area contributed by atoms with E-state index >= 15 is 0 Å². The molecule has 0 spiro atoms. The summed E-state index contributed by atoms with van der Waals surface area (Å²) in [7, 11) is 0. The molecule has 0 saturated carbocycles. The van der Waals surface area contributed by atoms with E-state index in [1.54, 1.807) is 6.07 Å². The number of aryl methyl sites for hydroxylation is 2. The van der Waals surface area contributed by atoms with Gasteiger partial charge in [0.15, 0.2) is 0 Å². The summed E-state index contributed by atoms with van der Waals surface area (Å²) in [6, 6.07) is 6.60. The summed E-state index contributed by atoms with van der Waals surface area (Å²) >= 11 is 0. The Morgan fingerprint density at radius 2 is 1.86 bits per heavy atom. The molecule has 0 unspecified atom stereocenters. The highest BCUT2D eigenvalue weighted by Crippen LogP contribution is 2.14. The number of nitrogens with one attached hydrogen (secondary N) is 1. The van der Waals surface area contributed by atoms with Crippen LogP contribution < -0.4 is 5.32 Å². The van der Waals surface area contributed by atoms with Gasteiger partial charge in [-0.1, -0.05) is 19.1 Å². The van der Waals surface area contributed by atoms with Gasteiger partial charge in [0.1, 0.15) is 11.6 Å². The van der Waals surface area contributed by atoms with Crippen LogP contribution in [0, 0.1) is 19.7 Å². The summed E-state index contributed by atoms with van der Waals surface area (Å²) in [4.78, 5) is 9.15. The van der Waals surface area contributed by atoms with Crippen LogP contribution in [0.2, 0.25) is 0 Å². The van der Waals surface area contributed by atoms with E-state index in [1.165, 1.54) is 17.7 Å². The van der Waals surface area contributed by atoms with Crippen LogP contribution in [0.4, 0.5) is 4.39 Å². The summed E-state index contributed by atoms with van der Waals surface area (Å²) < 4.78 is 13.2. The Bertz CT molecular complexity index is 588. The standard InChI is InChI=1S/C17H22FN3/c1-4-19-9-8-16-12(2)20-17(21-13(16)3)11-14-6-5-7-15(18)10-14/h5-7,10,19H,4,8-9,11H2,1-3H3. The van der Waals surface area contributed by atoms with E-state index < -0.39 is 0 Å². The zero-order valence-corrected chi connectivity index (χ0v) is 12.9. The van der Waals surface area contributed by atoms with E-state index in [4.69, 9.17) is 0 Å². The third kappa shape index (κ3) is 4.33.